The summed E-state index contributed by atoms with van der Waals surface area (Å²) in [6, 6.07) is 7.08. The largest absolute Gasteiger partial charge is 0.396 e. The lowest BCUT2D eigenvalue weighted by Crippen LogP contribution is -2.23. The van der Waals surface area contributed by atoms with Crippen molar-refractivity contribution in [3.8, 4) is 11.1 Å². The van der Waals surface area contributed by atoms with Gasteiger partial charge in [-0.3, -0.25) is 19.7 Å². The van der Waals surface area contributed by atoms with Gasteiger partial charge in [-0.2, -0.15) is 0 Å². The average molecular weight is 393 g/mol. The molecule has 3 rings (SSSR count). The number of pyridine rings is 1. The van der Waals surface area contributed by atoms with Crippen LogP contribution in [0.15, 0.2) is 40.9 Å². The van der Waals surface area contributed by atoms with Gasteiger partial charge in [0.05, 0.1) is 21.1 Å². The summed E-state index contributed by atoms with van der Waals surface area (Å²) in [5.74, 6) is -1.33. The second kappa shape index (κ2) is 6.95. The first kappa shape index (κ1) is 18.2. The molecule has 1 aliphatic carbocycles. The molecule has 0 saturated heterocycles. The Morgan fingerprint density at radius 2 is 1.81 bits per heavy atom. The van der Waals surface area contributed by atoms with Crippen LogP contribution in [0.25, 0.3) is 11.1 Å². The number of rotatable bonds is 4. The molecule has 0 unspecified atom stereocenters. The standard InChI is InChI=1S/C17H10Cl2N2O5/c18-12-7-10(8-3-1-2-4-11(8)21(25)26)13-15(20-12)17(24)14(19)9(5-6-22)16(13)23/h1-4,7,22H,5-6H2. The maximum atomic E-state index is 12.9. The Bertz CT molecular complexity index is 1000. The van der Waals surface area contributed by atoms with Gasteiger partial charge in [0.1, 0.15) is 10.8 Å². The van der Waals surface area contributed by atoms with Gasteiger partial charge >= 0.3 is 0 Å². The predicted molar refractivity (Wildman–Crippen MR) is 94.6 cm³/mol. The number of para-hydroxylation sites is 1. The highest BCUT2D eigenvalue weighted by atomic mass is 35.5. The minimum Gasteiger partial charge on any atom is -0.396 e. The Labute approximate surface area is 157 Å². The first-order chi connectivity index (χ1) is 12.4. The van der Waals surface area contributed by atoms with Crippen LogP contribution in [0.2, 0.25) is 5.15 Å². The van der Waals surface area contributed by atoms with E-state index in [-0.39, 0.29) is 56.9 Å². The van der Waals surface area contributed by atoms with Crippen LogP contribution in [0.5, 0.6) is 0 Å². The Kier molecular flexibility index (Phi) is 4.86. The van der Waals surface area contributed by atoms with Crippen LogP contribution in [0.4, 0.5) is 5.69 Å². The molecule has 0 aliphatic heterocycles. The van der Waals surface area contributed by atoms with E-state index in [1.807, 2.05) is 0 Å². The SMILES string of the molecule is O=C1C(Cl)=C(CCO)C(=O)c2c(-c3ccccc3[N+](=O)[O-])cc(Cl)nc21. The summed E-state index contributed by atoms with van der Waals surface area (Å²) in [6.45, 7) is -0.387. The lowest BCUT2D eigenvalue weighted by atomic mass is 9.86. The molecular formula is C17H10Cl2N2O5. The van der Waals surface area contributed by atoms with Crippen molar-refractivity contribution in [2.24, 2.45) is 0 Å². The molecule has 1 heterocycles. The molecular weight excluding hydrogens is 383 g/mol. The fraction of sp³-hybridized carbons (Fsp3) is 0.118. The summed E-state index contributed by atoms with van der Waals surface area (Å²) in [5, 5.41) is 20.1. The van der Waals surface area contributed by atoms with E-state index in [4.69, 9.17) is 28.3 Å². The fourth-order valence-corrected chi connectivity index (χ4v) is 3.27. The van der Waals surface area contributed by atoms with Crippen molar-refractivity contribution in [3.05, 3.63) is 67.5 Å². The molecule has 0 bridgehead atoms. The van der Waals surface area contributed by atoms with Crippen molar-refractivity contribution in [1.29, 1.82) is 0 Å². The first-order valence-corrected chi connectivity index (χ1v) is 8.15. The number of allylic oxidation sites excluding steroid dienone is 1. The number of nitro groups is 1. The van der Waals surface area contributed by atoms with Crippen LogP contribution >= 0.6 is 23.2 Å². The predicted octanol–water partition coefficient (Wildman–Crippen LogP) is 3.56. The summed E-state index contributed by atoms with van der Waals surface area (Å²) in [6.07, 6.45) is -0.123. The highest BCUT2D eigenvalue weighted by Crippen LogP contribution is 2.39. The Morgan fingerprint density at radius 3 is 2.46 bits per heavy atom. The van der Waals surface area contributed by atoms with E-state index in [2.05, 4.69) is 4.98 Å². The maximum Gasteiger partial charge on any atom is 0.277 e. The molecule has 1 aromatic heterocycles. The third-order valence-corrected chi connectivity index (χ3v) is 4.51. The molecule has 0 atom stereocenters. The molecule has 0 spiro atoms. The van der Waals surface area contributed by atoms with Gasteiger partial charge in [0.25, 0.3) is 5.69 Å². The van der Waals surface area contributed by atoms with Gasteiger partial charge in [-0.15, -0.1) is 0 Å². The second-order valence-corrected chi connectivity index (χ2v) is 6.18. The maximum absolute atomic E-state index is 12.9. The number of hydrogen-bond donors (Lipinski definition) is 1. The minimum atomic E-state index is -0.716. The van der Waals surface area contributed by atoms with Crippen LogP contribution in [0.1, 0.15) is 27.3 Å². The van der Waals surface area contributed by atoms with Crippen molar-refractivity contribution in [2.75, 3.05) is 6.61 Å². The molecule has 0 fully saturated rings. The van der Waals surface area contributed by atoms with Gasteiger partial charge in [-0.25, -0.2) is 4.98 Å². The molecule has 0 radical (unpaired) electrons. The number of halogens is 2. The zero-order chi connectivity index (χ0) is 19.0. The van der Waals surface area contributed by atoms with E-state index in [9.17, 15) is 19.7 Å². The second-order valence-electron chi connectivity index (χ2n) is 5.41. The van der Waals surface area contributed by atoms with Gasteiger partial charge in [0.2, 0.25) is 5.78 Å². The van der Waals surface area contributed by atoms with Crippen molar-refractivity contribution in [1.82, 2.24) is 4.98 Å². The van der Waals surface area contributed by atoms with Gasteiger partial charge in [0, 0.05) is 30.2 Å². The van der Waals surface area contributed by atoms with Crippen LogP contribution in [0.3, 0.4) is 0 Å². The van der Waals surface area contributed by atoms with Gasteiger partial charge in [-0.1, -0.05) is 35.3 Å². The minimum absolute atomic E-state index is 0.0596. The van der Waals surface area contributed by atoms with Crippen molar-refractivity contribution < 1.29 is 19.6 Å². The molecule has 1 N–H and O–H groups in total. The number of fused-ring (bicyclic) bond motifs is 1. The summed E-state index contributed by atoms with van der Waals surface area (Å²) in [7, 11) is 0. The molecule has 0 saturated carbocycles. The smallest absolute Gasteiger partial charge is 0.277 e. The van der Waals surface area contributed by atoms with E-state index in [1.54, 1.807) is 6.07 Å². The molecule has 1 aliphatic rings. The number of benzene rings is 1. The highest BCUT2D eigenvalue weighted by Gasteiger charge is 2.36. The quantitative estimate of drug-likeness (QED) is 0.483. The van der Waals surface area contributed by atoms with Crippen LogP contribution in [-0.4, -0.2) is 33.2 Å². The number of aromatic nitrogens is 1. The van der Waals surface area contributed by atoms with E-state index in [0.717, 1.165) is 0 Å². The van der Waals surface area contributed by atoms with Crippen LogP contribution in [-0.2, 0) is 0 Å². The number of nitrogens with zero attached hydrogens (tertiary/aromatic N) is 2. The summed E-state index contributed by atoms with van der Waals surface area (Å²) in [4.78, 5) is 40.1. The highest BCUT2D eigenvalue weighted by molar-refractivity contribution is 6.50. The summed E-state index contributed by atoms with van der Waals surface area (Å²) >= 11 is 12.0. The van der Waals surface area contributed by atoms with E-state index >= 15 is 0 Å². The lowest BCUT2D eigenvalue weighted by Gasteiger charge is -2.20. The third-order valence-electron chi connectivity index (χ3n) is 3.92. The van der Waals surface area contributed by atoms with Gasteiger partial charge in [-0.05, 0) is 12.1 Å². The van der Waals surface area contributed by atoms with E-state index < -0.39 is 16.5 Å². The number of nitro benzene ring substituents is 1. The molecule has 0 amide bonds. The summed E-state index contributed by atoms with van der Waals surface area (Å²) < 4.78 is 0. The zero-order valence-electron chi connectivity index (χ0n) is 13.0. The van der Waals surface area contributed by atoms with E-state index in [1.165, 1.54) is 24.3 Å². The summed E-state index contributed by atoms with van der Waals surface area (Å²) in [5.41, 5.74) is -0.438. The van der Waals surface area contributed by atoms with Crippen molar-refractivity contribution in [3.63, 3.8) is 0 Å². The topological polar surface area (TPSA) is 110 Å². The third kappa shape index (κ3) is 2.90. The zero-order valence-corrected chi connectivity index (χ0v) is 14.5. The average Bonchev–Trinajstić information content (AvgIpc) is 2.62. The normalized spacial score (nSPS) is 13.8. The lowest BCUT2D eigenvalue weighted by molar-refractivity contribution is -0.384. The first-order valence-electron chi connectivity index (χ1n) is 7.40. The van der Waals surface area contributed by atoms with Crippen molar-refractivity contribution in [2.45, 2.75) is 6.42 Å². The number of ketones is 2. The van der Waals surface area contributed by atoms with Crippen molar-refractivity contribution >= 4 is 40.5 Å². The molecule has 9 heteroatoms. The molecule has 26 heavy (non-hydrogen) atoms. The molecule has 1 aromatic carbocycles. The number of carbonyl (C=O) groups excluding carboxylic acids is 2. The monoisotopic (exact) mass is 392 g/mol. The molecule has 7 nitrogen and oxygen atoms in total. The Morgan fingerprint density at radius 1 is 1.12 bits per heavy atom. The number of aliphatic hydroxyl groups is 1. The van der Waals surface area contributed by atoms with E-state index in [0.29, 0.717) is 0 Å². The molecule has 2 aromatic rings. The Balaban J connectivity index is 2.35. The Hall–Kier alpha value is -2.61. The van der Waals surface area contributed by atoms with Gasteiger partial charge in [0.15, 0.2) is 5.78 Å². The molecule has 132 valence electrons. The number of carbonyl (C=O) groups is 2. The van der Waals surface area contributed by atoms with Gasteiger partial charge < -0.3 is 5.11 Å². The van der Waals surface area contributed by atoms with Crippen LogP contribution in [0, 0.1) is 10.1 Å². The number of Topliss-reactive ketones (excluding diaryl/α,β-unsaturated/α-hetero) is 2. The number of hydrogen-bond acceptors (Lipinski definition) is 6. The fourth-order valence-electron chi connectivity index (χ4n) is 2.81. The number of aliphatic hydroxyl groups excluding tert-OH is 1. The van der Waals surface area contributed by atoms with Crippen LogP contribution < -0.4 is 0 Å².